The molecule has 0 aromatic heterocycles. The van der Waals surface area contributed by atoms with Gasteiger partial charge in [-0.3, -0.25) is 4.90 Å². The highest BCUT2D eigenvalue weighted by molar-refractivity contribution is 5.77. The summed E-state index contributed by atoms with van der Waals surface area (Å²) in [5.41, 5.74) is 2.61. The van der Waals surface area contributed by atoms with Crippen LogP contribution in [0.1, 0.15) is 18.9 Å². The number of carbonyl (C=O) groups is 1. The molecule has 0 radical (unpaired) electrons. The number of likely N-dealkylation sites (tertiary alicyclic amines) is 1. The molecule has 2 saturated heterocycles. The lowest BCUT2D eigenvalue weighted by Gasteiger charge is -2.35. The Morgan fingerprint density at radius 3 is 2.90 bits per heavy atom. The van der Waals surface area contributed by atoms with Crippen LogP contribution in [0.5, 0.6) is 0 Å². The number of hydrogen-bond donors (Lipinski definition) is 1. The predicted molar refractivity (Wildman–Crippen MR) is 85.0 cm³/mol. The fraction of sp³-hybridized carbons (Fsp3) is 0.471. The SMILES string of the molecule is C/C(=C\c1ccccc1)CN1CC[C@H]2[C@@H](C1)NC(=O)N2C. The Morgan fingerprint density at radius 1 is 1.38 bits per heavy atom. The lowest BCUT2D eigenvalue weighted by atomic mass is 9.99. The third kappa shape index (κ3) is 3.10. The van der Waals surface area contributed by atoms with E-state index in [0.29, 0.717) is 6.04 Å². The van der Waals surface area contributed by atoms with E-state index in [2.05, 4.69) is 47.5 Å². The van der Waals surface area contributed by atoms with Crippen LogP contribution in [0.3, 0.4) is 0 Å². The van der Waals surface area contributed by atoms with E-state index >= 15 is 0 Å². The molecule has 2 heterocycles. The zero-order valence-electron chi connectivity index (χ0n) is 12.7. The van der Waals surface area contributed by atoms with Crippen molar-refractivity contribution in [3.8, 4) is 0 Å². The van der Waals surface area contributed by atoms with Crippen LogP contribution in [0.25, 0.3) is 6.08 Å². The number of benzene rings is 1. The molecule has 1 aromatic rings. The smallest absolute Gasteiger partial charge is 0.317 e. The molecule has 21 heavy (non-hydrogen) atoms. The maximum atomic E-state index is 11.7. The largest absolute Gasteiger partial charge is 0.332 e. The number of likely N-dealkylation sites (N-methyl/N-ethyl adjacent to an activating group) is 1. The zero-order valence-corrected chi connectivity index (χ0v) is 12.7. The van der Waals surface area contributed by atoms with Gasteiger partial charge in [-0.25, -0.2) is 4.79 Å². The average Bonchev–Trinajstić information content (AvgIpc) is 2.74. The summed E-state index contributed by atoms with van der Waals surface area (Å²) in [5, 5.41) is 3.08. The van der Waals surface area contributed by atoms with Gasteiger partial charge in [-0.05, 0) is 18.9 Å². The van der Waals surface area contributed by atoms with Gasteiger partial charge >= 0.3 is 6.03 Å². The number of hydrogen-bond acceptors (Lipinski definition) is 2. The number of rotatable bonds is 3. The number of nitrogens with zero attached hydrogens (tertiary/aromatic N) is 2. The molecule has 3 rings (SSSR count). The Kier molecular flexibility index (Phi) is 3.97. The molecule has 0 saturated carbocycles. The summed E-state index contributed by atoms with van der Waals surface area (Å²) >= 11 is 0. The maximum absolute atomic E-state index is 11.7. The third-order valence-corrected chi connectivity index (χ3v) is 4.47. The highest BCUT2D eigenvalue weighted by Crippen LogP contribution is 2.22. The van der Waals surface area contributed by atoms with E-state index < -0.39 is 0 Å². The fourth-order valence-corrected chi connectivity index (χ4v) is 3.40. The van der Waals surface area contributed by atoms with Crippen molar-refractivity contribution in [3.63, 3.8) is 0 Å². The third-order valence-electron chi connectivity index (χ3n) is 4.47. The van der Waals surface area contributed by atoms with Gasteiger partial charge < -0.3 is 10.2 Å². The number of amides is 2. The van der Waals surface area contributed by atoms with Crippen LogP contribution >= 0.6 is 0 Å². The fourth-order valence-electron chi connectivity index (χ4n) is 3.40. The minimum atomic E-state index is 0.0726. The number of piperidine rings is 1. The summed E-state index contributed by atoms with van der Waals surface area (Å²) in [7, 11) is 1.90. The van der Waals surface area contributed by atoms with E-state index in [1.54, 1.807) is 0 Å². The van der Waals surface area contributed by atoms with Crippen LogP contribution in [0.15, 0.2) is 35.9 Å². The highest BCUT2D eigenvalue weighted by atomic mass is 16.2. The second-order valence-corrected chi connectivity index (χ2v) is 6.16. The predicted octanol–water partition coefficient (Wildman–Crippen LogP) is 2.19. The second-order valence-electron chi connectivity index (χ2n) is 6.16. The van der Waals surface area contributed by atoms with E-state index in [9.17, 15) is 4.79 Å². The number of nitrogens with one attached hydrogen (secondary N) is 1. The van der Waals surface area contributed by atoms with E-state index in [-0.39, 0.29) is 12.1 Å². The van der Waals surface area contributed by atoms with Gasteiger partial charge in [0.1, 0.15) is 0 Å². The van der Waals surface area contributed by atoms with Gasteiger partial charge in [-0.2, -0.15) is 0 Å². The van der Waals surface area contributed by atoms with Crippen molar-refractivity contribution in [3.05, 3.63) is 41.5 Å². The minimum absolute atomic E-state index is 0.0726. The van der Waals surface area contributed by atoms with Crippen LogP contribution in [0, 0.1) is 0 Å². The Bertz CT molecular complexity index is 540. The molecule has 2 amide bonds. The molecule has 0 bridgehead atoms. The average molecular weight is 285 g/mol. The molecule has 2 aliphatic heterocycles. The summed E-state index contributed by atoms with van der Waals surface area (Å²) in [4.78, 5) is 16.0. The normalized spacial score (nSPS) is 26.7. The van der Waals surface area contributed by atoms with Crippen LogP contribution in [-0.4, -0.2) is 54.6 Å². The maximum Gasteiger partial charge on any atom is 0.317 e. The highest BCUT2D eigenvalue weighted by Gasteiger charge is 2.40. The summed E-state index contributed by atoms with van der Waals surface area (Å²) in [6.45, 7) is 5.15. The molecule has 1 N–H and O–H groups in total. The summed E-state index contributed by atoms with van der Waals surface area (Å²) in [6.07, 6.45) is 3.30. The Balaban J connectivity index is 1.60. The van der Waals surface area contributed by atoms with Crippen molar-refractivity contribution >= 4 is 12.1 Å². The monoisotopic (exact) mass is 285 g/mol. The standard InChI is InChI=1S/C17H23N3O/c1-13(10-14-6-4-3-5-7-14)11-20-9-8-16-15(12-20)18-17(21)19(16)2/h3-7,10,15-16H,8-9,11-12H2,1-2H3,(H,18,21)/b13-10+/t15-,16+/m1/s1. The van der Waals surface area contributed by atoms with Crippen molar-refractivity contribution in [1.82, 2.24) is 15.1 Å². The summed E-state index contributed by atoms with van der Waals surface area (Å²) in [6, 6.07) is 11.1. The van der Waals surface area contributed by atoms with Gasteiger partial charge in [-0.1, -0.05) is 42.0 Å². The first kappa shape index (κ1) is 14.1. The molecular weight excluding hydrogens is 262 g/mol. The molecule has 2 fully saturated rings. The Labute approximate surface area is 126 Å². The lowest BCUT2D eigenvalue weighted by Crippen LogP contribution is -2.50. The molecule has 4 heteroatoms. The molecule has 2 atom stereocenters. The van der Waals surface area contributed by atoms with Crippen molar-refractivity contribution in [2.24, 2.45) is 0 Å². The number of carbonyl (C=O) groups excluding carboxylic acids is 1. The van der Waals surface area contributed by atoms with Crippen LogP contribution < -0.4 is 5.32 Å². The Hall–Kier alpha value is -1.81. The molecule has 2 aliphatic rings. The lowest BCUT2D eigenvalue weighted by molar-refractivity contribution is 0.161. The van der Waals surface area contributed by atoms with Crippen LogP contribution in [-0.2, 0) is 0 Å². The molecule has 4 nitrogen and oxygen atoms in total. The summed E-state index contributed by atoms with van der Waals surface area (Å²) in [5.74, 6) is 0. The van der Waals surface area contributed by atoms with Crippen molar-refractivity contribution in [2.75, 3.05) is 26.7 Å². The number of fused-ring (bicyclic) bond motifs is 1. The van der Waals surface area contributed by atoms with E-state index in [1.165, 1.54) is 11.1 Å². The first-order valence-corrected chi connectivity index (χ1v) is 7.61. The molecule has 0 aliphatic carbocycles. The van der Waals surface area contributed by atoms with Crippen molar-refractivity contribution in [2.45, 2.75) is 25.4 Å². The topological polar surface area (TPSA) is 35.6 Å². The molecule has 1 aromatic carbocycles. The number of urea groups is 1. The van der Waals surface area contributed by atoms with Gasteiger partial charge in [0.2, 0.25) is 0 Å². The van der Waals surface area contributed by atoms with Gasteiger partial charge in [-0.15, -0.1) is 0 Å². The van der Waals surface area contributed by atoms with Crippen LogP contribution in [0.4, 0.5) is 4.79 Å². The van der Waals surface area contributed by atoms with E-state index in [0.717, 1.165) is 26.1 Å². The first-order valence-electron chi connectivity index (χ1n) is 7.61. The molecular formula is C17H23N3O. The van der Waals surface area contributed by atoms with Gasteiger partial charge in [0.05, 0.1) is 12.1 Å². The quantitative estimate of drug-likeness (QED) is 0.924. The van der Waals surface area contributed by atoms with E-state index in [1.807, 2.05) is 18.0 Å². The first-order chi connectivity index (χ1) is 10.1. The van der Waals surface area contributed by atoms with Gasteiger partial charge in [0, 0.05) is 26.7 Å². The van der Waals surface area contributed by atoms with E-state index in [4.69, 9.17) is 0 Å². The van der Waals surface area contributed by atoms with Crippen LogP contribution in [0.2, 0.25) is 0 Å². The van der Waals surface area contributed by atoms with Crippen molar-refractivity contribution < 1.29 is 4.79 Å². The molecule has 0 spiro atoms. The zero-order chi connectivity index (χ0) is 14.8. The molecule has 112 valence electrons. The molecule has 0 unspecified atom stereocenters. The minimum Gasteiger partial charge on any atom is -0.332 e. The Morgan fingerprint density at radius 2 is 2.14 bits per heavy atom. The summed E-state index contributed by atoms with van der Waals surface area (Å²) < 4.78 is 0. The van der Waals surface area contributed by atoms with Gasteiger partial charge in [0.15, 0.2) is 0 Å². The second kappa shape index (κ2) is 5.90. The van der Waals surface area contributed by atoms with Crippen molar-refractivity contribution in [1.29, 1.82) is 0 Å². The van der Waals surface area contributed by atoms with Gasteiger partial charge in [0.25, 0.3) is 0 Å².